The van der Waals surface area contributed by atoms with E-state index in [-0.39, 0.29) is 47.4 Å². The largest absolute Gasteiger partial charge is 0.497 e. The normalized spacial score (nSPS) is 12.1. The van der Waals surface area contributed by atoms with Crippen LogP contribution in [0.4, 0.5) is 0 Å². The summed E-state index contributed by atoms with van der Waals surface area (Å²) in [4.78, 5) is 18.3. The van der Waals surface area contributed by atoms with E-state index in [1.54, 1.807) is 14.2 Å². The molecule has 0 unspecified atom stereocenters. The predicted molar refractivity (Wildman–Crippen MR) is 123 cm³/mol. The number of hydrogen-bond acceptors (Lipinski definition) is 3. The minimum Gasteiger partial charge on any atom is -0.497 e. The number of carbonyl (C=O) groups is 1. The number of hydrogen-bond donors (Lipinski definition) is 2. The van der Waals surface area contributed by atoms with Crippen molar-refractivity contribution in [2.24, 2.45) is 4.99 Å². The molecule has 1 rings (SSSR count). The lowest BCUT2D eigenvalue weighted by atomic mass is 9.84. The number of likely N-dealkylation sites (N-methyl/N-ethyl adjacent to an activating group) is 1. The maximum Gasteiger partial charge on any atom is 0.240 e. The average Bonchev–Trinajstić information content (AvgIpc) is 2.53. The summed E-state index contributed by atoms with van der Waals surface area (Å²) in [5.41, 5.74) is 0.801. The molecular weight excluding hydrogens is 455 g/mol. The molecule has 0 aromatic heterocycles. The maximum atomic E-state index is 12.1. The molecule has 2 N–H and O–H groups in total. The van der Waals surface area contributed by atoms with Crippen molar-refractivity contribution < 1.29 is 9.53 Å². The molecule has 0 aliphatic heterocycles. The number of amides is 1. The van der Waals surface area contributed by atoms with Gasteiger partial charge in [-0.1, -0.05) is 26.0 Å². The third-order valence-electron chi connectivity index (χ3n) is 4.01. The van der Waals surface area contributed by atoms with E-state index < -0.39 is 0 Å². The van der Waals surface area contributed by atoms with Crippen molar-refractivity contribution in [3.05, 3.63) is 29.8 Å². The molecule has 0 radical (unpaired) electrons. The van der Waals surface area contributed by atoms with Crippen molar-refractivity contribution in [2.75, 3.05) is 34.3 Å². The molecule has 0 bridgehead atoms. The molecule has 27 heavy (non-hydrogen) atoms. The summed E-state index contributed by atoms with van der Waals surface area (Å²) >= 11 is 0. The Kier molecular flexibility index (Phi) is 10.1. The number of nitrogens with zero attached hydrogens (tertiary/aromatic N) is 2. The summed E-state index contributed by atoms with van der Waals surface area (Å²) in [6, 6.07) is 8.07. The molecule has 0 spiro atoms. The highest BCUT2D eigenvalue weighted by Gasteiger charge is 2.23. The number of aliphatic imine (C=N–C) groups is 1. The fourth-order valence-corrected chi connectivity index (χ4v) is 2.58. The molecule has 154 valence electrons. The van der Waals surface area contributed by atoms with Gasteiger partial charge in [-0.05, 0) is 38.5 Å². The van der Waals surface area contributed by atoms with Crippen LogP contribution in [0.15, 0.2) is 29.3 Å². The first-order valence-corrected chi connectivity index (χ1v) is 8.86. The lowest BCUT2D eigenvalue weighted by molar-refractivity contribution is -0.122. The molecule has 1 amide bonds. The number of benzene rings is 1. The smallest absolute Gasteiger partial charge is 0.240 e. The van der Waals surface area contributed by atoms with Crippen LogP contribution in [0.5, 0.6) is 5.75 Å². The van der Waals surface area contributed by atoms with E-state index in [1.807, 2.05) is 50.9 Å². The van der Waals surface area contributed by atoms with E-state index in [0.29, 0.717) is 12.5 Å². The molecule has 0 heterocycles. The first-order valence-electron chi connectivity index (χ1n) is 8.86. The summed E-state index contributed by atoms with van der Waals surface area (Å²) < 4.78 is 5.32. The third kappa shape index (κ3) is 8.81. The molecule has 0 fully saturated rings. The highest BCUT2D eigenvalue weighted by molar-refractivity contribution is 14.0. The Morgan fingerprint density at radius 3 is 2.37 bits per heavy atom. The first kappa shape index (κ1) is 25.5. The zero-order chi connectivity index (χ0) is 20.0. The standard InChI is InChI=1S/C20H34N4O2.HI/c1-19(2,3)23-17(25)13-24(7)18(21-6)22-14-20(4,5)15-10-9-11-16(12-15)26-8;/h9-12H,13-14H2,1-8H3,(H,21,22)(H,23,25);1H. The van der Waals surface area contributed by atoms with E-state index in [2.05, 4.69) is 35.5 Å². The monoisotopic (exact) mass is 490 g/mol. The molecule has 7 heteroatoms. The highest BCUT2D eigenvalue weighted by Crippen LogP contribution is 2.25. The van der Waals surface area contributed by atoms with Gasteiger partial charge in [-0.15, -0.1) is 24.0 Å². The second-order valence-corrected chi connectivity index (χ2v) is 8.17. The zero-order valence-electron chi connectivity index (χ0n) is 17.8. The molecule has 0 aliphatic carbocycles. The molecule has 0 aliphatic rings. The Hall–Kier alpha value is -1.51. The van der Waals surface area contributed by atoms with E-state index in [9.17, 15) is 4.79 Å². The van der Waals surface area contributed by atoms with Gasteiger partial charge < -0.3 is 20.3 Å². The third-order valence-corrected chi connectivity index (χ3v) is 4.01. The van der Waals surface area contributed by atoms with E-state index in [0.717, 1.165) is 5.75 Å². The van der Waals surface area contributed by atoms with Crippen LogP contribution < -0.4 is 15.4 Å². The van der Waals surface area contributed by atoms with Crippen LogP contribution in [0.2, 0.25) is 0 Å². The minimum absolute atomic E-state index is 0. The van der Waals surface area contributed by atoms with Gasteiger partial charge >= 0.3 is 0 Å². The predicted octanol–water partition coefficient (Wildman–Crippen LogP) is 3.01. The van der Waals surface area contributed by atoms with Gasteiger partial charge in [0.15, 0.2) is 5.96 Å². The molecule has 0 saturated carbocycles. The molecule has 0 atom stereocenters. The molecule has 1 aromatic carbocycles. The van der Waals surface area contributed by atoms with Gasteiger partial charge in [0.1, 0.15) is 5.75 Å². The fraction of sp³-hybridized carbons (Fsp3) is 0.600. The maximum absolute atomic E-state index is 12.1. The Morgan fingerprint density at radius 2 is 1.85 bits per heavy atom. The Labute approximate surface area is 181 Å². The van der Waals surface area contributed by atoms with Crippen LogP contribution in [0.3, 0.4) is 0 Å². The summed E-state index contributed by atoms with van der Waals surface area (Å²) in [6.07, 6.45) is 0. The van der Waals surface area contributed by atoms with Gasteiger partial charge in [0.25, 0.3) is 0 Å². The SMILES string of the molecule is CN=C(NCC(C)(C)c1cccc(OC)c1)N(C)CC(=O)NC(C)(C)C.I. The number of rotatable bonds is 6. The fourth-order valence-electron chi connectivity index (χ4n) is 2.58. The van der Waals surface area contributed by atoms with Crippen molar-refractivity contribution >= 4 is 35.8 Å². The Bertz CT molecular complexity index is 639. The summed E-state index contributed by atoms with van der Waals surface area (Å²) in [6.45, 7) is 11.1. The van der Waals surface area contributed by atoms with Crippen LogP contribution >= 0.6 is 24.0 Å². The van der Waals surface area contributed by atoms with Crippen molar-refractivity contribution in [3.63, 3.8) is 0 Å². The first-order chi connectivity index (χ1) is 12.0. The van der Waals surface area contributed by atoms with Gasteiger partial charge in [-0.25, -0.2) is 0 Å². The summed E-state index contributed by atoms with van der Waals surface area (Å²) in [7, 11) is 5.25. The minimum atomic E-state index is -0.247. The summed E-state index contributed by atoms with van der Waals surface area (Å²) in [5.74, 6) is 1.50. The number of nitrogens with one attached hydrogen (secondary N) is 2. The molecule has 0 saturated heterocycles. The number of ether oxygens (including phenoxy) is 1. The molecular formula is C20H35IN4O2. The van der Waals surface area contributed by atoms with E-state index >= 15 is 0 Å². The van der Waals surface area contributed by atoms with Crippen molar-refractivity contribution in [1.82, 2.24) is 15.5 Å². The lowest BCUT2D eigenvalue weighted by Crippen LogP contribution is -2.50. The Balaban J connectivity index is 0.00000676. The molecule has 6 nitrogen and oxygen atoms in total. The van der Waals surface area contributed by atoms with Gasteiger partial charge in [0.2, 0.25) is 5.91 Å². The lowest BCUT2D eigenvalue weighted by Gasteiger charge is -2.30. The second kappa shape index (κ2) is 10.7. The number of guanidine groups is 1. The highest BCUT2D eigenvalue weighted by atomic mass is 127. The van der Waals surface area contributed by atoms with Crippen molar-refractivity contribution in [1.29, 1.82) is 0 Å². The van der Waals surface area contributed by atoms with Crippen LogP contribution in [0.25, 0.3) is 0 Å². The van der Waals surface area contributed by atoms with Crippen molar-refractivity contribution in [3.8, 4) is 5.75 Å². The molecule has 1 aromatic rings. The topological polar surface area (TPSA) is 66.0 Å². The van der Waals surface area contributed by atoms with E-state index in [4.69, 9.17) is 4.74 Å². The number of methoxy groups -OCH3 is 1. The number of carbonyl (C=O) groups excluding carboxylic acids is 1. The second-order valence-electron chi connectivity index (χ2n) is 8.17. The van der Waals surface area contributed by atoms with Crippen LogP contribution in [0, 0.1) is 0 Å². The zero-order valence-corrected chi connectivity index (χ0v) is 20.2. The van der Waals surface area contributed by atoms with Crippen LogP contribution in [0.1, 0.15) is 40.2 Å². The average molecular weight is 490 g/mol. The Morgan fingerprint density at radius 1 is 1.22 bits per heavy atom. The van der Waals surface area contributed by atoms with Gasteiger partial charge in [-0.2, -0.15) is 0 Å². The quantitative estimate of drug-likeness (QED) is 0.366. The van der Waals surface area contributed by atoms with Gasteiger partial charge in [-0.3, -0.25) is 9.79 Å². The van der Waals surface area contributed by atoms with Gasteiger partial charge in [0.05, 0.1) is 13.7 Å². The number of halogens is 1. The van der Waals surface area contributed by atoms with Gasteiger partial charge in [0, 0.05) is 31.6 Å². The van der Waals surface area contributed by atoms with Crippen LogP contribution in [-0.4, -0.2) is 56.6 Å². The van der Waals surface area contributed by atoms with Crippen molar-refractivity contribution in [2.45, 2.75) is 45.6 Å². The summed E-state index contributed by atoms with van der Waals surface area (Å²) in [5, 5.41) is 6.33. The van der Waals surface area contributed by atoms with E-state index in [1.165, 1.54) is 5.56 Å². The van der Waals surface area contributed by atoms with Crippen LogP contribution in [-0.2, 0) is 10.2 Å².